The fraction of sp³-hybridized carbons (Fsp3) is 0.300. The molecule has 6 heteroatoms. The van der Waals surface area contributed by atoms with Crippen molar-refractivity contribution < 1.29 is 0 Å². The zero-order chi connectivity index (χ0) is 17.6. The number of nitrogens with one attached hydrogen (secondary N) is 1. The van der Waals surface area contributed by atoms with Crippen molar-refractivity contribution in [3.63, 3.8) is 0 Å². The minimum atomic E-state index is 0.405. The van der Waals surface area contributed by atoms with Gasteiger partial charge in [0.15, 0.2) is 0 Å². The number of hydrogen-bond donors (Lipinski definition) is 1. The van der Waals surface area contributed by atoms with Crippen LogP contribution in [0.15, 0.2) is 61.4 Å². The van der Waals surface area contributed by atoms with Crippen molar-refractivity contribution in [3.05, 3.63) is 72.6 Å². The number of anilines is 2. The summed E-state index contributed by atoms with van der Waals surface area (Å²) in [7, 11) is 0. The van der Waals surface area contributed by atoms with E-state index in [1.165, 1.54) is 30.4 Å². The molecule has 0 radical (unpaired) electrons. The molecule has 1 N–H and O–H groups in total. The molecule has 0 aromatic carbocycles. The number of piperidine rings is 1. The molecule has 1 atom stereocenters. The molecule has 1 fully saturated rings. The summed E-state index contributed by atoms with van der Waals surface area (Å²) < 4.78 is 0. The lowest BCUT2D eigenvalue weighted by molar-refractivity contribution is 0.140. The van der Waals surface area contributed by atoms with Gasteiger partial charge in [-0.15, -0.1) is 0 Å². The molecule has 3 aromatic rings. The minimum Gasteiger partial charge on any atom is -0.324 e. The van der Waals surface area contributed by atoms with Crippen LogP contribution in [0.25, 0.3) is 0 Å². The number of pyridine rings is 2. The van der Waals surface area contributed by atoms with Gasteiger partial charge >= 0.3 is 0 Å². The van der Waals surface area contributed by atoms with Crippen molar-refractivity contribution in [1.29, 1.82) is 0 Å². The molecule has 3 aromatic heterocycles. The minimum absolute atomic E-state index is 0.405. The van der Waals surface area contributed by atoms with Crippen LogP contribution in [0.1, 0.15) is 36.4 Å². The highest BCUT2D eigenvalue weighted by atomic mass is 15.2. The Morgan fingerprint density at radius 1 is 0.923 bits per heavy atom. The van der Waals surface area contributed by atoms with E-state index in [0.717, 1.165) is 18.9 Å². The highest BCUT2D eigenvalue weighted by molar-refractivity contribution is 5.50. The van der Waals surface area contributed by atoms with E-state index in [1.807, 2.05) is 30.7 Å². The van der Waals surface area contributed by atoms with Crippen molar-refractivity contribution in [3.8, 4) is 0 Å². The summed E-state index contributed by atoms with van der Waals surface area (Å²) in [5.74, 6) is 1.48. The zero-order valence-corrected chi connectivity index (χ0v) is 14.6. The molecule has 0 spiro atoms. The molecule has 1 aliphatic rings. The smallest absolute Gasteiger partial charge is 0.150 e. The van der Waals surface area contributed by atoms with E-state index in [2.05, 4.69) is 42.3 Å². The van der Waals surface area contributed by atoms with Gasteiger partial charge in [0.05, 0.1) is 6.20 Å². The first kappa shape index (κ1) is 16.6. The van der Waals surface area contributed by atoms with Crippen LogP contribution in [0.5, 0.6) is 0 Å². The largest absolute Gasteiger partial charge is 0.324 e. The Kier molecular flexibility index (Phi) is 5.12. The van der Waals surface area contributed by atoms with E-state index in [9.17, 15) is 0 Å². The summed E-state index contributed by atoms with van der Waals surface area (Å²) in [6.07, 6.45) is 14.4. The summed E-state index contributed by atoms with van der Waals surface area (Å²) in [5, 5.41) is 3.18. The number of likely N-dealkylation sites (tertiary alicyclic amines) is 1. The normalized spacial score (nSPS) is 17.8. The van der Waals surface area contributed by atoms with Gasteiger partial charge in [-0.1, -0.05) is 18.6 Å². The second kappa shape index (κ2) is 8.01. The van der Waals surface area contributed by atoms with E-state index in [1.54, 1.807) is 18.6 Å². The van der Waals surface area contributed by atoms with Gasteiger partial charge < -0.3 is 5.32 Å². The van der Waals surface area contributed by atoms with Crippen LogP contribution in [-0.4, -0.2) is 31.4 Å². The Labute approximate surface area is 153 Å². The topological polar surface area (TPSA) is 66.8 Å². The predicted molar refractivity (Wildman–Crippen MR) is 101 cm³/mol. The molecule has 0 bridgehead atoms. The average Bonchev–Trinajstić information content (AvgIpc) is 2.71. The van der Waals surface area contributed by atoms with Gasteiger partial charge in [-0.25, -0.2) is 9.97 Å². The predicted octanol–water partition coefficient (Wildman–Crippen LogP) is 3.74. The Balaban J connectivity index is 1.47. The maximum atomic E-state index is 4.57. The van der Waals surface area contributed by atoms with Crippen molar-refractivity contribution in [2.45, 2.75) is 31.8 Å². The summed E-state index contributed by atoms with van der Waals surface area (Å²) in [5.41, 5.74) is 2.52. The van der Waals surface area contributed by atoms with Crippen LogP contribution < -0.4 is 5.32 Å². The molecular weight excluding hydrogens is 324 g/mol. The quantitative estimate of drug-likeness (QED) is 0.759. The summed E-state index contributed by atoms with van der Waals surface area (Å²) in [6, 6.07) is 8.73. The van der Waals surface area contributed by atoms with Gasteiger partial charge in [0.2, 0.25) is 0 Å². The van der Waals surface area contributed by atoms with E-state index in [-0.39, 0.29) is 0 Å². The maximum Gasteiger partial charge on any atom is 0.150 e. The lowest BCUT2D eigenvalue weighted by Gasteiger charge is -2.36. The van der Waals surface area contributed by atoms with E-state index in [0.29, 0.717) is 11.9 Å². The molecule has 0 saturated carbocycles. The molecule has 0 aliphatic carbocycles. The molecule has 4 rings (SSSR count). The highest BCUT2D eigenvalue weighted by Crippen LogP contribution is 2.32. The summed E-state index contributed by atoms with van der Waals surface area (Å²) in [6.45, 7) is 2.04. The highest BCUT2D eigenvalue weighted by Gasteiger charge is 2.24. The number of nitrogens with zero attached hydrogens (tertiary/aromatic N) is 5. The van der Waals surface area contributed by atoms with Gasteiger partial charge in [0.25, 0.3) is 0 Å². The first-order chi connectivity index (χ1) is 12.9. The van der Waals surface area contributed by atoms with Crippen LogP contribution in [-0.2, 0) is 6.54 Å². The lowest BCUT2D eigenvalue weighted by atomic mass is 9.96. The van der Waals surface area contributed by atoms with Gasteiger partial charge in [-0.2, -0.15) is 0 Å². The molecule has 1 aliphatic heterocycles. The molecule has 1 saturated heterocycles. The van der Waals surface area contributed by atoms with Crippen LogP contribution in [0.3, 0.4) is 0 Å². The van der Waals surface area contributed by atoms with Crippen molar-refractivity contribution in [2.75, 3.05) is 11.9 Å². The Bertz CT molecular complexity index is 807. The molecule has 4 heterocycles. The molecule has 0 unspecified atom stereocenters. The molecule has 26 heavy (non-hydrogen) atoms. The van der Waals surface area contributed by atoms with Gasteiger partial charge in [0.1, 0.15) is 11.6 Å². The molecular formula is C20H22N6. The second-order valence-electron chi connectivity index (χ2n) is 6.54. The van der Waals surface area contributed by atoms with E-state index >= 15 is 0 Å². The van der Waals surface area contributed by atoms with Crippen LogP contribution in [0, 0.1) is 0 Å². The summed E-state index contributed by atoms with van der Waals surface area (Å²) in [4.78, 5) is 19.6. The third-order valence-electron chi connectivity index (χ3n) is 4.71. The van der Waals surface area contributed by atoms with Crippen LogP contribution in [0.2, 0.25) is 0 Å². The van der Waals surface area contributed by atoms with Crippen molar-refractivity contribution in [2.24, 2.45) is 0 Å². The lowest BCUT2D eigenvalue weighted by Crippen LogP contribution is -2.33. The molecule has 132 valence electrons. The first-order valence-electron chi connectivity index (χ1n) is 9.00. The van der Waals surface area contributed by atoms with E-state index in [4.69, 9.17) is 0 Å². The van der Waals surface area contributed by atoms with Crippen LogP contribution in [0.4, 0.5) is 11.6 Å². The van der Waals surface area contributed by atoms with Gasteiger partial charge in [-0.3, -0.25) is 14.9 Å². The summed E-state index contributed by atoms with van der Waals surface area (Å²) >= 11 is 0. The van der Waals surface area contributed by atoms with Gasteiger partial charge in [-0.05, 0) is 42.6 Å². The van der Waals surface area contributed by atoms with Crippen molar-refractivity contribution in [1.82, 2.24) is 24.8 Å². The fourth-order valence-electron chi connectivity index (χ4n) is 3.46. The van der Waals surface area contributed by atoms with Crippen molar-refractivity contribution >= 4 is 11.6 Å². The maximum absolute atomic E-state index is 4.57. The standard InChI is InChI=1S/C20H22N6/c1-2-11-26(15-16-4-3-8-21-12-16)18(5-1)17-6-7-19(24-13-17)25-20-14-22-9-10-23-20/h3-4,6-10,12-14,18H,1-2,5,11,15H2,(H,23,24,25)/t18-/m1/s1. The van der Waals surface area contributed by atoms with E-state index < -0.39 is 0 Å². The molecule has 6 nitrogen and oxygen atoms in total. The zero-order valence-electron chi connectivity index (χ0n) is 14.6. The number of rotatable bonds is 5. The van der Waals surface area contributed by atoms with Crippen LogP contribution >= 0.6 is 0 Å². The Hall–Kier alpha value is -2.86. The third kappa shape index (κ3) is 4.03. The fourth-order valence-corrected chi connectivity index (χ4v) is 3.46. The Morgan fingerprint density at radius 2 is 1.88 bits per heavy atom. The number of aromatic nitrogens is 4. The Morgan fingerprint density at radius 3 is 2.65 bits per heavy atom. The second-order valence-corrected chi connectivity index (χ2v) is 6.54. The first-order valence-corrected chi connectivity index (χ1v) is 9.00. The number of hydrogen-bond acceptors (Lipinski definition) is 6. The average molecular weight is 346 g/mol. The molecule has 0 amide bonds. The van der Waals surface area contributed by atoms with Gasteiger partial charge in [0, 0.05) is 43.6 Å². The SMILES string of the molecule is c1cncc(CN2CCCC[C@@H]2c2ccc(Nc3cnccn3)nc2)c1. The third-order valence-corrected chi connectivity index (χ3v) is 4.71. The monoisotopic (exact) mass is 346 g/mol.